The van der Waals surface area contributed by atoms with Crippen molar-refractivity contribution in [2.45, 2.75) is 31.3 Å². The van der Waals surface area contributed by atoms with Gasteiger partial charge in [-0.1, -0.05) is 6.08 Å². The average molecular weight is 299 g/mol. The van der Waals surface area contributed by atoms with Gasteiger partial charge in [-0.15, -0.1) is 0 Å². The van der Waals surface area contributed by atoms with E-state index in [9.17, 15) is 9.59 Å². The van der Waals surface area contributed by atoms with E-state index in [-0.39, 0.29) is 17.3 Å². The first-order valence-electron chi connectivity index (χ1n) is 7.43. The Balaban J connectivity index is 2.04. The van der Waals surface area contributed by atoms with E-state index >= 15 is 0 Å². The number of ether oxygens (including phenoxy) is 2. The Labute approximate surface area is 128 Å². The Morgan fingerprint density at radius 3 is 3.05 bits per heavy atom. The van der Waals surface area contributed by atoms with Crippen LogP contribution in [-0.4, -0.2) is 32.0 Å². The molecule has 1 amide bonds. The maximum Gasteiger partial charge on any atom is 0.214 e. The molecular weight excluding hydrogens is 282 g/mol. The number of carbonyl (C=O) groups excluding carboxylic acids is 2. The van der Waals surface area contributed by atoms with Crippen molar-refractivity contribution in [3.05, 3.63) is 29.3 Å². The number of hydrogen-bond acceptors (Lipinski definition) is 4. The molecule has 5 nitrogen and oxygen atoms in total. The van der Waals surface area contributed by atoms with Crippen LogP contribution < -0.4 is 14.4 Å². The zero-order chi connectivity index (χ0) is 15.5. The summed E-state index contributed by atoms with van der Waals surface area (Å²) in [5.41, 5.74) is 2.56. The van der Waals surface area contributed by atoms with E-state index in [4.69, 9.17) is 9.47 Å². The number of anilines is 1. The Morgan fingerprint density at radius 1 is 1.50 bits per heavy atom. The van der Waals surface area contributed by atoms with Crippen molar-refractivity contribution >= 4 is 17.9 Å². The van der Waals surface area contributed by atoms with Crippen molar-refractivity contribution in [1.29, 1.82) is 0 Å². The molecule has 5 heteroatoms. The zero-order valence-electron chi connectivity index (χ0n) is 12.6. The van der Waals surface area contributed by atoms with E-state index in [1.54, 1.807) is 18.1 Å². The van der Waals surface area contributed by atoms with E-state index in [0.29, 0.717) is 24.5 Å². The minimum absolute atomic E-state index is 0.0819. The lowest BCUT2D eigenvalue weighted by Gasteiger charge is -2.41. The molecule has 0 radical (unpaired) electrons. The fraction of sp³-hybridized carbons (Fsp3) is 0.412. The second-order valence-corrected chi connectivity index (χ2v) is 6.15. The number of amides is 1. The van der Waals surface area contributed by atoms with Gasteiger partial charge in [0.1, 0.15) is 6.10 Å². The van der Waals surface area contributed by atoms with Gasteiger partial charge in [-0.2, -0.15) is 0 Å². The van der Waals surface area contributed by atoms with Gasteiger partial charge < -0.3 is 14.4 Å². The zero-order valence-corrected chi connectivity index (χ0v) is 12.6. The monoisotopic (exact) mass is 299 g/mol. The highest BCUT2D eigenvalue weighted by Crippen LogP contribution is 2.59. The first-order chi connectivity index (χ1) is 10.6. The summed E-state index contributed by atoms with van der Waals surface area (Å²) >= 11 is 0. The molecule has 1 aromatic rings. The molecule has 0 aromatic heterocycles. The van der Waals surface area contributed by atoms with Crippen LogP contribution in [0.5, 0.6) is 11.5 Å². The number of rotatable bonds is 2. The summed E-state index contributed by atoms with van der Waals surface area (Å²) in [4.78, 5) is 25.0. The van der Waals surface area contributed by atoms with Crippen molar-refractivity contribution < 1.29 is 19.1 Å². The number of carbonyl (C=O) groups is 2. The molecule has 2 heterocycles. The van der Waals surface area contributed by atoms with Crippen molar-refractivity contribution in [1.82, 2.24) is 0 Å². The topological polar surface area (TPSA) is 55.8 Å². The predicted molar refractivity (Wildman–Crippen MR) is 80.6 cm³/mol. The van der Waals surface area contributed by atoms with E-state index in [2.05, 4.69) is 0 Å². The molecule has 1 aliphatic carbocycles. The van der Waals surface area contributed by atoms with Crippen LogP contribution in [0.2, 0.25) is 0 Å². The molecule has 0 N–H and O–H groups in total. The average Bonchev–Trinajstić information content (AvgIpc) is 2.85. The van der Waals surface area contributed by atoms with Gasteiger partial charge in [-0.25, -0.2) is 0 Å². The molecular formula is C17H17NO4. The fourth-order valence-electron chi connectivity index (χ4n) is 4.04. The summed E-state index contributed by atoms with van der Waals surface area (Å²) in [6.45, 7) is 2.60. The van der Waals surface area contributed by atoms with E-state index < -0.39 is 0 Å². The molecule has 22 heavy (non-hydrogen) atoms. The lowest BCUT2D eigenvalue weighted by molar-refractivity contribution is -0.117. The first kappa shape index (κ1) is 13.4. The second kappa shape index (κ2) is 4.35. The van der Waals surface area contributed by atoms with Crippen molar-refractivity contribution in [2.75, 3.05) is 18.6 Å². The molecule has 0 fully saturated rings. The Bertz CT molecular complexity index is 724. The quantitative estimate of drug-likeness (QED) is 0.783. The van der Waals surface area contributed by atoms with Gasteiger partial charge in [-0.05, 0) is 31.1 Å². The normalized spacial score (nSPS) is 28.0. The van der Waals surface area contributed by atoms with E-state index in [1.165, 1.54) is 0 Å². The number of hydrogen-bond donors (Lipinski definition) is 0. The van der Waals surface area contributed by atoms with Crippen molar-refractivity contribution in [3.8, 4) is 11.5 Å². The third-order valence-corrected chi connectivity index (χ3v) is 5.06. The molecule has 0 saturated heterocycles. The molecule has 1 spiro atoms. The summed E-state index contributed by atoms with van der Waals surface area (Å²) in [5, 5.41) is 0. The second-order valence-electron chi connectivity index (χ2n) is 6.15. The Hall–Kier alpha value is -2.30. The van der Waals surface area contributed by atoms with Gasteiger partial charge in [0.15, 0.2) is 17.3 Å². The van der Waals surface area contributed by atoms with Crippen LogP contribution in [0.1, 0.15) is 24.0 Å². The van der Waals surface area contributed by atoms with Crippen LogP contribution in [0, 0.1) is 6.92 Å². The Kier molecular flexibility index (Phi) is 2.64. The molecule has 4 rings (SSSR count). The number of nitrogens with zero attached hydrogens (tertiary/aromatic N) is 1. The van der Waals surface area contributed by atoms with E-state index in [1.807, 2.05) is 19.1 Å². The highest BCUT2D eigenvalue weighted by Gasteiger charge is 2.54. The van der Waals surface area contributed by atoms with Gasteiger partial charge in [0.2, 0.25) is 6.41 Å². The minimum Gasteiger partial charge on any atom is -0.493 e. The van der Waals surface area contributed by atoms with E-state index in [0.717, 1.165) is 29.6 Å². The molecule has 0 saturated carbocycles. The van der Waals surface area contributed by atoms with Gasteiger partial charge in [-0.3, -0.25) is 9.59 Å². The standard InChI is InChI=1S/C17H17NO4/c1-10-7-12(21-2)16-14-15(10)18(9-19)6-5-17(14)4-3-11(20)8-13(17)22-16/h3-4,7,9,13H,5-6,8H2,1-2H3. The van der Waals surface area contributed by atoms with Crippen LogP contribution in [0.3, 0.4) is 0 Å². The summed E-state index contributed by atoms with van der Waals surface area (Å²) in [7, 11) is 1.61. The van der Waals surface area contributed by atoms with Crippen LogP contribution in [0.15, 0.2) is 18.2 Å². The summed E-state index contributed by atoms with van der Waals surface area (Å²) in [5.74, 6) is 1.43. The molecule has 2 atom stereocenters. The SMILES string of the molecule is COc1cc(C)c2c3c1OC1CC(=O)C=CC31CCN2C=O. The third-order valence-electron chi connectivity index (χ3n) is 5.06. The number of ketones is 1. The summed E-state index contributed by atoms with van der Waals surface area (Å²) in [6.07, 6.45) is 5.42. The maximum atomic E-state index is 11.8. The molecule has 2 unspecified atom stereocenters. The van der Waals surface area contributed by atoms with Gasteiger partial charge in [0.05, 0.1) is 18.2 Å². The Morgan fingerprint density at radius 2 is 2.32 bits per heavy atom. The largest absolute Gasteiger partial charge is 0.493 e. The molecule has 0 bridgehead atoms. The fourth-order valence-corrected chi connectivity index (χ4v) is 4.04. The highest BCUT2D eigenvalue weighted by molar-refractivity contribution is 5.94. The molecule has 1 aromatic carbocycles. The van der Waals surface area contributed by atoms with Crippen molar-refractivity contribution in [2.24, 2.45) is 0 Å². The highest BCUT2D eigenvalue weighted by atomic mass is 16.5. The number of allylic oxidation sites excluding steroid dienone is 1. The van der Waals surface area contributed by atoms with Crippen LogP contribution >= 0.6 is 0 Å². The third kappa shape index (κ3) is 1.48. The minimum atomic E-state index is -0.322. The maximum absolute atomic E-state index is 11.8. The molecule has 114 valence electrons. The van der Waals surface area contributed by atoms with Gasteiger partial charge >= 0.3 is 0 Å². The summed E-state index contributed by atoms with van der Waals surface area (Å²) < 4.78 is 11.6. The van der Waals surface area contributed by atoms with Gasteiger partial charge in [0.25, 0.3) is 0 Å². The van der Waals surface area contributed by atoms with Crippen molar-refractivity contribution in [3.63, 3.8) is 0 Å². The van der Waals surface area contributed by atoms with Gasteiger partial charge in [0, 0.05) is 18.5 Å². The first-order valence-corrected chi connectivity index (χ1v) is 7.43. The number of aryl methyl sites for hydroxylation is 1. The smallest absolute Gasteiger partial charge is 0.214 e. The van der Waals surface area contributed by atoms with Crippen LogP contribution in [0.25, 0.3) is 0 Å². The van der Waals surface area contributed by atoms with Crippen LogP contribution in [-0.2, 0) is 15.0 Å². The lowest BCUT2D eigenvalue weighted by atomic mass is 9.67. The number of benzene rings is 1. The molecule has 3 aliphatic rings. The summed E-state index contributed by atoms with van der Waals surface area (Å²) in [6, 6.07) is 1.90. The van der Waals surface area contributed by atoms with Crippen LogP contribution in [0.4, 0.5) is 5.69 Å². The number of methoxy groups -OCH3 is 1. The molecule has 2 aliphatic heterocycles. The predicted octanol–water partition coefficient (Wildman–Crippen LogP) is 1.90. The lowest BCUT2D eigenvalue weighted by Crippen LogP contribution is -2.46.